The van der Waals surface area contributed by atoms with Crippen molar-refractivity contribution in [3.05, 3.63) is 0 Å². The number of hydrogen-bond donors (Lipinski definition) is 2. The van der Waals surface area contributed by atoms with Gasteiger partial charge in [-0.25, -0.2) is 0 Å². The maximum absolute atomic E-state index is 12.2. The fourth-order valence-electron chi connectivity index (χ4n) is 1.92. The van der Waals surface area contributed by atoms with Crippen molar-refractivity contribution in [2.75, 3.05) is 39.4 Å². The highest BCUT2D eigenvalue weighted by Gasteiger charge is 2.26. The van der Waals surface area contributed by atoms with Gasteiger partial charge in [0.2, 0.25) is 5.91 Å². The van der Waals surface area contributed by atoms with Crippen LogP contribution in [0.4, 0.5) is 0 Å². The summed E-state index contributed by atoms with van der Waals surface area (Å²) in [5.41, 5.74) is 0. The molecule has 1 amide bonds. The Kier molecular flexibility index (Phi) is 6.47. The zero-order chi connectivity index (χ0) is 12.7. The van der Waals surface area contributed by atoms with Crippen molar-refractivity contribution in [2.45, 2.75) is 32.9 Å². The summed E-state index contributed by atoms with van der Waals surface area (Å²) in [4.78, 5) is 14.1. The lowest BCUT2D eigenvalue weighted by Crippen LogP contribution is -2.59. The van der Waals surface area contributed by atoms with Gasteiger partial charge in [-0.1, -0.05) is 0 Å². The summed E-state index contributed by atoms with van der Waals surface area (Å²) >= 11 is 0. The van der Waals surface area contributed by atoms with Crippen molar-refractivity contribution in [1.29, 1.82) is 0 Å². The van der Waals surface area contributed by atoms with Gasteiger partial charge >= 0.3 is 0 Å². The van der Waals surface area contributed by atoms with E-state index in [1.807, 2.05) is 18.7 Å². The minimum atomic E-state index is -0.0900. The standard InChI is InChI=1S/C12H25N3O2/c1-4-15(6-7-17-5-2)12(16)11-9-13-10(3)8-14-11/h10-11,13-14H,4-9H2,1-3H3. The summed E-state index contributed by atoms with van der Waals surface area (Å²) in [6.45, 7) is 10.4. The fraction of sp³-hybridized carbons (Fsp3) is 0.917. The van der Waals surface area contributed by atoms with Crippen LogP contribution in [0.2, 0.25) is 0 Å². The molecule has 0 aliphatic carbocycles. The first kappa shape index (κ1) is 14.4. The van der Waals surface area contributed by atoms with Crippen molar-refractivity contribution in [1.82, 2.24) is 15.5 Å². The predicted octanol–water partition coefficient (Wildman–Crippen LogP) is -0.179. The topological polar surface area (TPSA) is 53.6 Å². The quantitative estimate of drug-likeness (QED) is 0.636. The molecule has 1 fully saturated rings. The Labute approximate surface area is 104 Å². The minimum absolute atomic E-state index is 0.0900. The summed E-state index contributed by atoms with van der Waals surface area (Å²) in [6, 6.07) is 0.352. The highest BCUT2D eigenvalue weighted by Crippen LogP contribution is 2.00. The number of piperazine rings is 1. The van der Waals surface area contributed by atoms with Crippen molar-refractivity contribution in [2.24, 2.45) is 0 Å². The van der Waals surface area contributed by atoms with E-state index in [0.29, 0.717) is 32.3 Å². The molecule has 2 unspecified atom stereocenters. The van der Waals surface area contributed by atoms with Crippen LogP contribution in [0.25, 0.3) is 0 Å². The lowest BCUT2D eigenvalue weighted by atomic mass is 10.1. The van der Waals surface area contributed by atoms with Gasteiger partial charge in [-0.2, -0.15) is 0 Å². The molecule has 0 bridgehead atoms. The SMILES string of the molecule is CCOCCN(CC)C(=O)C1CNC(C)CN1. The average Bonchev–Trinajstić information content (AvgIpc) is 2.35. The Morgan fingerprint density at radius 2 is 2.12 bits per heavy atom. The first-order valence-corrected chi connectivity index (χ1v) is 6.52. The zero-order valence-corrected chi connectivity index (χ0v) is 11.2. The Morgan fingerprint density at radius 1 is 1.35 bits per heavy atom. The van der Waals surface area contributed by atoms with Gasteiger partial charge in [0.1, 0.15) is 0 Å². The molecule has 17 heavy (non-hydrogen) atoms. The molecule has 1 saturated heterocycles. The van der Waals surface area contributed by atoms with Crippen LogP contribution < -0.4 is 10.6 Å². The molecule has 2 atom stereocenters. The molecule has 2 N–H and O–H groups in total. The summed E-state index contributed by atoms with van der Waals surface area (Å²) in [7, 11) is 0. The predicted molar refractivity (Wildman–Crippen MR) is 68.0 cm³/mol. The summed E-state index contributed by atoms with van der Waals surface area (Å²) in [5.74, 6) is 0.173. The van der Waals surface area contributed by atoms with Gasteiger partial charge in [-0.05, 0) is 20.8 Å². The molecule has 5 heteroatoms. The molecule has 5 nitrogen and oxygen atoms in total. The van der Waals surface area contributed by atoms with Gasteiger partial charge in [0.05, 0.1) is 12.6 Å². The molecule has 0 spiro atoms. The van der Waals surface area contributed by atoms with Gasteiger partial charge < -0.3 is 20.3 Å². The largest absolute Gasteiger partial charge is 0.380 e. The van der Waals surface area contributed by atoms with Crippen molar-refractivity contribution < 1.29 is 9.53 Å². The van der Waals surface area contributed by atoms with E-state index in [1.165, 1.54) is 0 Å². The summed E-state index contributed by atoms with van der Waals surface area (Å²) in [5, 5.41) is 6.60. The van der Waals surface area contributed by atoms with E-state index in [9.17, 15) is 4.79 Å². The average molecular weight is 243 g/mol. The second kappa shape index (κ2) is 7.63. The molecule has 1 rings (SSSR count). The van der Waals surface area contributed by atoms with Crippen LogP contribution in [-0.2, 0) is 9.53 Å². The number of nitrogens with zero attached hydrogens (tertiary/aromatic N) is 1. The maximum atomic E-state index is 12.2. The molecule has 1 aliphatic heterocycles. The molecular formula is C12H25N3O2. The van der Waals surface area contributed by atoms with Crippen LogP contribution in [-0.4, -0.2) is 62.3 Å². The Hall–Kier alpha value is -0.650. The zero-order valence-electron chi connectivity index (χ0n) is 11.2. The van der Waals surface area contributed by atoms with Crippen LogP contribution in [0.3, 0.4) is 0 Å². The number of carbonyl (C=O) groups is 1. The highest BCUT2D eigenvalue weighted by atomic mass is 16.5. The smallest absolute Gasteiger partial charge is 0.241 e. The van der Waals surface area contributed by atoms with Gasteiger partial charge in [0, 0.05) is 38.8 Å². The molecule has 0 radical (unpaired) electrons. The number of ether oxygens (including phenoxy) is 1. The molecule has 0 aromatic rings. The van der Waals surface area contributed by atoms with Crippen LogP contribution >= 0.6 is 0 Å². The summed E-state index contributed by atoms with van der Waals surface area (Å²) in [6.07, 6.45) is 0. The molecule has 1 heterocycles. The third-order valence-corrected chi connectivity index (χ3v) is 3.04. The Morgan fingerprint density at radius 3 is 2.65 bits per heavy atom. The van der Waals surface area contributed by atoms with Gasteiger partial charge in [-0.3, -0.25) is 4.79 Å². The molecular weight excluding hydrogens is 218 g/mol. The fourth-order valence-corrected chi connectivity index (χ4v) is 1.92. The molecule has 100 valence electrons. The number of nitrogens with one attached hydrogen (secondary N) is 2. The van der Waals surface area contributed by atoms with E-state index in [0.717, 1.165) is 13.1 Å². The third kappa shape index (κ3) is 4.61. The summed E-state index contributed by atoms with van der Waals surface area (Å²) < 4.78 is 5.29. The molecule has 0 aromatic carbocycles. The van der Waals surface area contributed by atoms with Crippen LogP contribution in [0.5, 0.6) is 0 Å². The van der Waals surface area contributed by atoms with Crippen LogP contribution in [0.15, 0.2) is 0 Å². The highest BCUT2D eigenvalue weighted by molar-refractivity contribution is 5.82. The lowest BCUT2D eigenvalue weighted by Gasteiger charge is -2.32. The Balaban J connectivity index is 2.37. The van der Waals surface area contributed by atoms with E-state index in [2.05, 4.69) is 17.6 Å². The maximum Gasteiger partial charge on any atom is 0.241 e. The van der Waals surface area contributed by atoms with Crippen molar-refractivity contribution in [3.8, 4) is 0 Å². The van der Waals surface area contributed by atoms with E-state index in [1.54, 1.807) is 0 Å². The van der Waals surface area contributed by atoms with E-state index < -0.39 is 0 Å². The van der Waals surface area contributed by atoms with Gasteiger partial charge in [0.15, 0.2) is 0 Å². The monoisotopic (exact) mass is 243 g/mol. The molecule has 0 saturated carbocycles. The van der Waals surface area contributed by atoms with E-state index in [-0.39, 0.29) is 11.9 Å². The van der Waals surface area contributed by atoms with Crippen LogP contribution in [0.1, 0.15) is 20.8 Å². The second-order valence-corrected chi connectivity index (χ2v) is 4.38. The number of rotatable bonds is 6. The van der Waals surface area contributed by atoms with E-state index >= 15 is 0 Å². The van der Waals surface area contributed by atoms with Crippen molar-refractivity contribution >= 4 is 5.91 Å². The van der Waals surface area contributed by atoms with Crippen molar-refractivity contribution in [3.63, 3.8) is 0 Å². The second-order valence-electron chi connectivity index (χ2n) is 4.38. The minimum Gasteiger partial charge on any atom is -0.380 e. The number of amides is 1. The first-order chi connectivity index (χ1) is 8.19. The molecule has 1 aliphatic rings. The van der Waals surface area contributed by atoms with E-state index in [4.69, 9.17) is 4.74 Å². The number of likely N-dealkylation sites (N-methyl/N-ethyl adjacent to an activating group) is 1. The number of carbonyl (C=O) groups excluding carboxylic acids is 1. The van der Waals surface area contributed by atoms with Gasteiger partial charge in [0.25, 0.3) is 0 Å². The first-order valence-electron chi connectivity index (χ1n) is 6.52. The van der Waals surface area contributed by atoms with Crippen LogP contribution in [0, 0.1) is 0 Å². The molecule has 0 aromatic heterocycles. The third-order valence-electron chi connectivity index (χ3n) is 3.04. The number of hydrogen-bond acceptors (Lipinski definition) is 4. The normalized spacial score (nSPS) is 24.6. The Bertz CT molecular complexity index is 228. The lowest BCUT2D eigenvalue weighted by molar-refractivity contribution is -0.134. The van der Waals surface area contributed by atoms with Gasteiger partial charge in [-0.15, -0.1) is 0 Å².